The molecule has 41 heavy (non-hydrogen) atoms. The maximum Gasteiger partial charge on any atom is 0.459 e. The number of rotatable bonds is 10. The molecular formula is C26H31FN3O10P. The van der Waals surface area contributed by atoms with Crippen molar-refractivity contribution in [1.29, 1.82) is 0 Å². The number of nitrogens with zero attached hydrogens (tertiary/aromatic N) is 1. The molecule has 15 heteroatoms. The monoisotopic (exact) mass is 595 g/mol. The number of hydrogen-bond acceptors (Lipinski definition) is 10. The largest absolute Gasteiger partial charge is 0.462 e. The summed E-state index contributed by atoms with van der Waals surface area (Å²) in [6.45, 7) is 5.15. The Labute approximate surface area is 233 Å². The molecule has 1 aliphatic heterocycles. The van der Waals surface area contributed by atoms with Crippen LogP contribution in [0.25, 0.3) is 10.8 Å². The average Bonchev–Trinajstić information content (AvgIpc) is 3.13. The highest BCUT2D eigenvalue weighted by Gasteiger charge is 2.54. The SMILES string of the molecule is CC(C)OC(=O)[C@@H](C)N[P@@](=O)(OC[C@H]1OC(n2cc(F)c(=O)[nH]c2=O)[C@](C)(O)[C@@H]1O)Oc1cccc2ccccc12. The summed E-state index contributed by atoms with van der Waals surface area (Å²) in [5, 5.41) is 25.6. The average molecular weight is 596 g/mol. The molecule has 0 saturated carbocycles. The van der Waals surface area contributed by atoms with Crippen LogP contribution in [0.3, 0.4) is 0 Å². The van der Waals surface area contributed by atoms with Gasteiger partial charge in [-0.1, -0.05) is 36.4 Å². The van der Waals surface area contributed by atoms with Crippen molar-refractivity contribution in [3.05, 3.63) is 75.3 Å². The molecule has 2 aromatic carbocycles. The van der Waals surface area contributed by atoms with Gasteiger partial charge in [0.1, 0.15) is 29.6 Å². The van der Waals surface area contributed by atoms with Crippen LogP contribution in [0.5, 0.6) is 5.75 Å². The minimum atomic E-state index is -4.44. The number of nitrogens with one attached hydrogen (secondary N) is 2. The molecule has 222 valence electrons. The molecule has 0 aliphatic carbocycles. The Morgan fingerprint density at radius 3 is 2.61 bits per heavy atom. The van der Waals surface area contributed by atoms with Gasteiger partial charge in [-0.3, -0.25) is 23.7 Å². The third-order valence-electron chi connectivity index (χ3n) is 6.37. The van der Waals surface area contributed by atoms with Gasteiger partial charge in [-0.05, 0) is 39.1 Å². The van der Waals surface area contributed by atoms with E-state index in [2.05, 4.69) is 5.09 Å². The Morgan fingerprint density at radius 2 is 1.90 bits per heavy atom. The number of hydrogen-bond donors (Lipinski definition) is 4. The van der Waals surface area contributed by atoms with Gasteiger partial charge >= 0.3 is 19.4 Å². The van der Waals surface area contributed by atoms with E-state index in [9.17, 15) is 33.6 Å². The number of aromatic nitrogens is 2. The van der Waals surface area contributed by atoms with E-state index >= 15 is 0 Å². The number of carbonyl (C=O) groups is 1. The van der Waals surface area contributed by atoms with Gasteiger partial charge in [0.2, 0.25) is 5.82 Å². The number of esters is 1. The van der Waals surface area contributed by atoms with Crippen molar-refractivity contribution in [3.63, 3.8) is 0 Å². The predicted octanol–water partition coefficient (Wildman–Crippen LogP) is 1.97. The molecule has 4 N–H and O–H groups in total. The summed E-state index contributed by atoms with van der Waals surface area (Å²) in [4.78, 5) is 37.9. The molecule has 1 fully saturated rings. The Balaban J connectivity index is 1.61. The number of carbonyl (C=O) groups excluding carboxylic acids is 1. The third kappa shape index (κ3) is 6.58. The van der Waals surface area contributed by atoms with E-state index in [0.717, 1.165) is 12.3 Å². The maximum atomic E-state index is 14.0. The Bertz CT molecular complexity index is 1580. The van der Waals surface area contributed by atoms with E-state index in [1.165, 1.54) is 6.92 Å². The molecule has 0 radical (unpaired) electrons. The first-order chi connectivity index (χ1) is 19.2. The van der Waals surface area contributed by atoms with Gasteiger partial charge in [0, 0.05) is 5.39 Å². The number of benzene rings is 2. The van der Waals surface area contributed by atoms with Crippen LogP contribution in [-0.4, -0.2) is 62.3 Å². The molecule has 1 saturated heterocycles. The van der Waals surface area contributed by atoms with Crippen molar-refractivity contribution < 1.29 is 42.5 Å². The zero-order valence-corrected chi connectivity index (χ0v) is 23.5. The first kappa shape index (κ1) is 30.6. The minimum Gasteiger partial charge on any atom is -0.462 e. The Hall–Kier alpha value is -3.39. The van der Waals surface area contributed by atoms with E-state index < -0.39 is 73.6 Å². The highest BCUT2D eigenvalue weighted by atomic mass is 31.2. The van der Waals surface area contributed by atoms with Crippen molar-refractivity contribution in [1.82, 2.24) is 14.6 Å². The summed E-state index contributed by atoms with van der Waals surface area (Å²) in [5.74, 6) is -1.89. The predicted molar refractivity (Wildman–Crippen MR) is 144 cm³/mol. The number of ether oxygens (including phenoxy) is 2. The summed E-state index contributed by atoms with van der Waals surface area (Å²) < 4.78 is 50.8. The van der Waals surface area contributed by atoms with Gasteiger partial charge in [0.15, 0.2) is 6.23 Å². The number of halogens is 1. The van der Waals surface area contributed by atoms with E-state index in [0.29, 0.717) is 16.2 Å². The molecule has 1 unspecified atom stereocenters. The number of H-pyrrole nitrogens is 1. The zero-order chi connectivity index (χ0) is 30.1. The van der Waals surface area contributed by atoms with Crippen molar-refractivity contribution in [3.8, 4) is 5.75 Å². The summed E-state index contributed by atoms with van der Waals surface area (Å²) in [6.07, 6.45) is -4.72. The number of aliphatic hydroxyl groups is 2. The van der Waals surface area contributed by atoms with E-state index in [1.807, 2.05) is 18.2 Å². The molecule has 2 heterocycles. The third-order valence-corrected chi connectivity index (χ3v) is 8.00. The van der Waals surface area contributed by atoms with Crippen LogP contribution in [0.15, 0.2) is 58.3 Å². The molecule has 0 amide bonds. The van der Waals surface area contributed by atoms with Crippen LogP contribution in [-0.2, 0) is 23.4 Å². The summed E-state index contributed by atoms with van der Waals surface area (Å²) >= 11 is 0. The first-order valence-corrected chi connectivity index (χ1v) is 14.2. The molecular weight excluding hydrogens is 564 g/mol. The second-order valence-electron chi connectivity index (χ2n) is 10.0. The Kier molecular flexibility index (Phi) is 8.83. The van der Waals surface area contributed by atoms with Crippen LogP contribution < -0.4 is 20.9 Å². The van der Waals surface area contributed by atoms with Gasteiger partial charge in [-0.2, -0.15) is 9.48 Å². The number of fused-ring (bicyclic) bond motifs is 1. The second-order valence-corrected chi connectivity index (χ2v) is 11.7. The summed E-state index contributed by atoms with van der Waals surface area (Å²) in [6, 6.07) is 11.0. The lowest BCUT2D eigenvalue weighted by atomic mass is 9.96. The molecule has 13 nitrogen and oxygen atoms in total. The highest BCUT2D eigenvalue weighted by molar-refractivity contribution is 7.52. The fourth-order valence-corrected chi connectivity index (χ4v) is 5.82. The van der Waals surface area contributed by atoms with Gasteiger partial charge in [-0.15, -0.1) is 0 Å². The van der Waals surface area contributed by atoms with Gasteiger partial charge < -0.3 is 24.2 Å². The van der Waals surface area contributed by atoms with Crippen LogP contribution in [0.2, 0.25) is 0 Å². The fourth-order valence-electron chi connectivity index (χ4n) is 4.30. The van der Waals surface area contributed by atoms with Crippen LogP contribution in [0.4, 0.5) is 4.39 Å². The standard InChI is InChI=1S/C26H31FN3O10P/c1-14(2)38-23(33)15(3)29-41(36,40-19-11-7-9-16-8-5-6-10-17(16)19)37-13-20-21(31)26(4,35)24(39-20)30-12-18(27)22(32)28-25(30)34/h5-12,14-15,20-21,24,31,35H,13H2,1-4H3,(H,29,36)(H,28,32,34)/t15-,20-,21-,24?,26-,41-/m1/s1. The molecule has 4 rings (SSSR count). The minimum absolute atomic E-state index is 0.163. The molecule has 1 aliphatic rings. The van der Waals surface area contributed by atoms with E-state index in [4.69, 9.17) is 18.5 Å². The van der Waals surface area contributed by atoms with Gasteiger partial charge in [0.05, 0.1) is 18.9 Å². The quantitative estimate of drug-likeness (QED) is 0.199. The van der Waals surface area contributed by atoms with E-state index in [-0.39, 0.29) is 5.75 Å². The van der Waals surface area contributed by atoms with Crippen molar-refractivity contribution in [2.45, 2.75) is 63.9 Å². The van der Waals surface area contributed by atoms with Crippen molar-refractivity contribution >= 4 is 24.5 Å². The van der Waals surface area contributed by atoms with Crippen molar-refractivity contribution in [2.24, 2.45) is 0 Å². The van der Waals surface area contributed by atoms with E-state index in [1.54, 1.807) is 43.1 Å². The lowest BCUT2D eigenvalue weighted by Crippen LogP contribution is -2.47. The van der Waals surface area contributed by atoms with Crippen LogP contribution in [0, 0.1) is 5.82 Å². The second kappa shape index (κ2) is 11.8. The topological polar surface area (TPSA) is 178 Å². The number of aromatic amines is 1. The highest BCUT2D eigenvalue weighted by Crippen LogP contribution is 2.48. The lowest BCUT2D eigenvalue weighted by molar-refractivity contribution is -0.149. The number of aliphatic hydroxyl groups excluding tert-OH is 1. The summed E-state index contributed by atoms with van der Waals surface area (Å²) in [5.41, 5.74) is -4.54. The molecule has 1 aromatic heterocycles. The Morgan fingerprint density at radius 1 is 1.22 bits per heavy atom. The first-order valence-electron chi connectivity index (χ1n) is 12.7. The molecule has 3 aromatic rings. The lowest BCUT2D eigenvalue weighted by Gasteiger charge is -2.27. The van der Waals surface area contributed by atoms with Gasteiger partial charge in [-0.25, -0.2) is 9.36 Å². The van der Waals surface area contributed by atoms with Gasteiger partial charge in [0.25, 0.3) is 5.56 Å². The molecule has 0 spiro atoms. The maximum absolute atomic E-state index is 14.0. The normalized spacial score (nSPS) is 24.7. The molecule has 0 bridgehead atoms. The molecule has 6 atom stereocenters. The van der Waals surface area contributed by atoms with Crippen molar-refractivity contribution in [2.75, 3.05) is 6.61 Å². The smallest absolute Gasteiger partial charge is 0.459 e. The summed E-state index contributed by atoms with van der Waals surface area (Å²) in [7, 11) is -4.44. The van der Waals surface area contributed by atoms with Crippen LogP contribution in [0.1, 0.15) is 33.9 Å². The fraction of sp³-hybridized carbons (Fsp3) is 0.423. The zero-order valence-electron chi connectivity index (χ0n) is 22.6. The van der Waals surface area contributed by atoms with Crippen LogP contribution >= 0.6 is 7.75 Å².